The Bertz CT molecular complexity index is 739. The van der Waals surface area contributed by atoms with Gasteiger partial charge in [0.05, 0.1) is 10.7 Å². The summed E-state index contributed by atoms with van der Waals surface area (Å²) in [4.78, 5) is 8.99. The highest BCUT2D eigenvalue weighted by Crippen LogP contribution is 2.41. The van der Waals surface area contributed by atoms with Gasteiger partial charge in [0.2, 0.25) is 0 Å². The first-order valence-corrected chi connectivity index (χ1v) is 8.36. The van der Waals surface area contributed by atoms with Gasteiger partial charge in [0.25, 0.3) is 0 Å². The molecule has 0 saturated carbocycles. The van der Waals surface area contributed by atoms with E-state index in [-0.39, 0.29) is 0 Å². The molecule has 4 nitrogen and oxygen atoms in total. The third-order valence-electron chi connectivity index (χ3n) is 3.38. The number of hydrogen-bond acceptors (Lipinski definition) is 5. The molecular formula is C14H10Cl2N2O2S. The van der Waals surface area contributed by atoms with E-state index in [2.05, 4.69) is 9.97 Å². The zero-order valence-corrected chi connectivity index (χ0v) is 13.2. The summed E-state index contributed by atoms with van der Waals surface area (Å²) in [6.07, 6.45) is 0. The molecular weight excluding hydrogens is 331 g/mol. The molecule has 0 fully saturated rings. The van der Waals surface area contributed by atoms with Gasteiger partial charge in [-0.25, -0.2) is 9.97 Å². The molecule has 0 saturated heterocycles. The summed E-state index contributed by atoms with van der Waals surface area (Å²) in [5.74, 6) is 3.51. The highest BCUT2D eigenvalue weighted by atomic mass is 35.5. The zero-order chi connectivity index (χ0) is 14.4. The number of fused-ring (bicyclic) bond motifs is 2. The second-order valence-corrected chi connectivity index (χ2v) is 6.49. The summed E-state index contributed by atoms with van der Waals surface area (Å²) in [5, 5.41) is 1.02. The van der Waals surface area contributed by atoms with Crippen molar-refractivity contribution in [1.82, 2.24) is 9.97 Å². The van der Waals surface area contributed by atoms with Crippen molar-refractivity contribution in [2.24, 2.45) is 0 Å². The lowest BCUT2D eigenvalue weighted by Gasteiger charge is -2.20. The molecule has 21 heavy (non-hydrogen) atoms. The van der Waals surface area contributed by atoms with Crippen LogP contribution in [-0.4, -0.2) is 23.2 Å². The van der Waals surface area contributed by atoms with Crippen LogP contribution in [-0.2, 0) is 11.5 Å². The van der Waals surface area contributed by atoms with Crippen LogP contribution in [0.2, 0.25) is 10.2 Å². The van der Waals surface area contributed by atoms with Gasteiger partial charge in [-0.1, -0.05) is 23.2 Å². The van der Waals surface area contributed by atoms with Crippen LogP contribution in [0, 0.1) is 0 Å². The number of thioether (sulfide) groups is 1. The molecule has 2 aliphatic rings. The topological polar surface area (TPSA) is 44.2 Å². The second-order valence-electron chi connectivity index (χ2n) is 4.74. The number of halogens is 2. The largest absolute Gasteiger partial charge is 0.486 e. The highest BCUT2D eigenvalue weighted by Gasteiger charge is 2.22. The van der Waals surface area contributed by atoms with Gasteiger partial charge >= 0.3 is 0 Å². The Morgan fingerprint density at radius 2 is 1.90 bits per heavy atom. The van der Waals surface area contributed by atoms with Crippen LogP contribution in [0.3, 0.4) is 0 Å². The van der Waals surface area contributed by atoms with Gasteiger partial charge in [-0.3, -0.25) is 0 Å². The normalized spacial score (nSPS) is 15.9. The predicted octanol–water partition coefficient (Wildman–Crippen LogP) is 3.97. The monoisotopic (exact) mass is 340 g/mol. The van der Waals surface area contributed by atoms with E-state index in [0.717, 1.165) is 28.3 Å². The third kappa shape index (κ3) is 2.33. The van der Waals surface area contributed by atoms with Gasteiger partial charge in [-0.05, 0) is 12.1 Å². The fourth-order valence-corrected chi connectivity index (χ4v) is 4.02. The van der Waals surface area contributed by atoms with Gasteiger partial charge in [-0.2, -0.15) is 11.8 Å². The van der Waals surface area contributed by atoms with Crippen molar-refractivity contribution in [2.75, 3.05) is 13.2 Å². The summed E-state index contributed by atoms with van der Waals surface area (Å²) >= 11 is 14.3. The molecule has 0 atom stereocenters. The van der Waals surface area contributed by atoms with Crippen LogP contribution in [0.1, 0.15) is 11.3 Å². The average molecular weight is 341 g/mol. The van der Waals surface area contributed by atoms with Crippen LogP contribution in [0.15, 0.2) is 12.1 Å². The van der Waals surface area contributed by atoms with Crippen LogP contribution in [0.5, 0.6) is 11.5 Å². The van der Waals surface area contributed by atoms with Crippen LogP contribution in [0.4, 0.5) is 0 Å². The molecule has 0 amide bonds. The van der Waals surface area contributed by atoms with Crippen molar-refractivity contribution >= 4 is 35.0 Å². The minimum atomic E-state index is 0.497. The molecule has 0 N–H and O–H groups in total. The fourth-order valence-electron chi connectivity index (χ4n) is 2.38. The van der Waals surface area contributed by atoms with Crippen molar-refractivity contribution in [2.45, 2.75) is 11.5 Å². The van der Waals surface area contributed by atoms with E-state index in [0.29, 0.717) is 40.7 Å². The molecule has 0 spiro atoms. The maximum atomic E-state index is 6.26. The number of hydrogen-bond donors (Lipinski definition) is 0. The first-order valence-electron chi connectivity index (χ1n) is 6.45. The van der Waals surface area contributed by atoms with Gasteiger partial charge in [0, 0.05) is 22.6 Å². The smallest absolute Gasteiger partial charge is 0.179 e. The van der Waals surface area contributed by atoms with Gasteiger partial charge < -0.3 is 9.47 Å². The first kappa shape index (κ1) is 13.5. The maximum absolute atomic E-state index is 6.26. The highest BCUT2D eigenvalue weighted by molar-refractivity contribution is 7.98. The predicted molar refractivity (Wildman–Crippen MR) is 83.5 cm³/mol. The summed E-state index contributed by atoms with van der Waals surface area (Å²) in [6, 6.07) is 3.63. The lowest BCUT2D eigenvalue weighted by molar-refractivity contribution is 0.172. The summed E-state index contributed by atoms with van der Waals surface area (Å²) in [5.41, 5.74) is 2.82. The van der Waals surface area contributed by atoms with Crippen molar-refractivity contribution in [1.29, 1.82) is 0 Å². The molecule has 0 unspecified atom stereocenters. The molecule has 0 radical (unpaired) electrons. The maximum Gasteiger partial charge on any atom is 0.179 e. The molecule has 2 aromatic rings. The van der Waals surface area contributed by atoms with Crippen molar-refractivity contribution < 1.29 is 9.47 Å². The molecule has 1 aromatic heterocycles. The van der Waals surface area contributed by atoms with E-state index in [1.165, 1.54) is 0 Å². The second kappa shape index (κ2) is 5.23. The Balaban J connectivity index is 1.84. The van der Waals surface area contributed by atoms with E-state index >= 15 is 0 Å². The molecule has 3 heterocycles. The van der Waals surface area contributed by atoms with E-state index in [4.69, 9.17) is 32.7 Å². The molecule has 1 aromatic carbocycles. The first-order chi connectivity index (χ1) is 10.2. The van der Waals surface area contributed by atoms with Gasteiger partial charge in [0.15, 0.2) is 17.3 Å². The van der Waals surface area contributed by atoms with Crippen LogP contribution >= 0.6 is 35.0 Å². The Hall–Kier alpha value is -1.17. The lowest BCUT2D eigenvalue weighted by Crippen LogP contribution is -2.15. The number of rotatable bonds is 1. The van der Waals surface area contributed by atoms with Crippen LogP contribution < -0.4 is 9.47 Å². The van der Waals surface area contributed by atoms with Gasteiger partial charge in [-0.15, -0.1) is 0 Å². The van der Waals surface area contributed by atoms with Crippen molar-refractivity contribution in [3.8, 4) is 22.9 Å². The Morgan fingerprint density at radius 1 is 1.05 bits per heavy atom. The van der Waals surface area contributed by atoms with E-state index in [9.17, 15) is 0 Å². The Labute approximate surface area is 135 Å². The molecule has 2 aliphatic heterocycles. The summed E-state index contributed by atoms with van der Waals surface area (Å²) < 4.78 is 11.1. The third-order valence-corrected chi connectivity index (χ3v) is 4.95. The Morgan fingerprint density at radius 3 is 2.81 bits per heavy atom. The van der Waals surface area contributed by atoms with Gasteiger partial charge in [0.1, 0.15) is 18.4 Å². The number of nitrogens with zero attached hydrogens (tertiary/aromatic N) is 2. The molecule has 0 aliphatic carbocycles. The SMILES string of the molecule is Clc1cc(-c2nc(Cl)c3c(n2)CSC3)cc2c1OCCO2. The summed E-state index contributed by atoms with van der Waals surface area (Å²) in [6.45, 7) is 1.01. The molecule has 4 rings (SSSR count). The number of aromatic nitrogens is 2. The van der Waals surface area contributed by atoms with Crippen LogP contribution in [0.25, 0.3) is 11.4 Å². The minimum absolute atomic E-state index is 0.497. The van der Waals surface area contributed by atoms with E-state index in [1.54, 1.807) is 17.8 Å². The molecule has 108 valence electrons. The fraction of sp³-hybridized carbons (Fsp3) is 0.286. The van der Waals surface area contributed by atoms with E-state index < -0.39 is 0 Å². The molecule has 7 heteroatoms. The number of ether oxygens (including phenoxy) is 2. The van der Waals surface area contributed by atoms with E-state index in [1.807, 2.05) is 6.07 Å². The zero-order valence-electron chi connectivity index (χ0n) is 10.9. The Kier molecular flexibility index (Phi) is 3.36. The average Bonchev–Trinajstić information content (AvgIpc) is 2.96. The lowest BCUT2D eigenvalue weighted by atomic mass is 10.1. The van der Waals surface area contributed by atoms with Crippen molar-refractivity contribution in [3.63, 3.8) is 0 Å². The van der Waals surface area contributed by atoms with Crippen molar-refractivity contribution in [3.05, 3.63) is 33.6 Å². The standard InChI is InChI=1S/C14H10Cl2N2O2S/c15-9-3-7(4-11-12(9)20-2-1-19-11)14-17-10-6-21-5-8(10)13(16)18-14/h3-4H,1-2,5-6H2. The quantitative estimate of drug-likeness (QED) is 0.735. The molecule has 0 bridgehead atoms. The number of benzene rings is 1. The minimum Gasteiger partial charge on any atom is -0.486 e. The summed E-state index contributed by atoms with van der Waals surface area (Å²) in [7, 11) is 0.